The van der Waals surface area contributed by atoms with Crippen LogP contribution >= 0.6 is 11.8 Å². The van der Waals surface area contributed by atoms with Crippen LogP contribution in [0.4, 0.5) is 0 Å². The van der Waals surface area contributed by atoms with E-state index in [9.17, 15) is 9.59 Å². The third kappa shape index (κ3) is 5.99. The second kappa shape index (κ2) is 12.9. The maximum absolute atomic E-state index is 14.7. The van der Waals surface area contributed by atoms with E-state index >= 15 is 0 Å². The number of thioether (sulfide) groups is 1. The zero-order chi connectivity index (χ0) is 30.6. The highest BCUT2D eigenvalue weighted by atomic mass is 32.2. The van der Waals surface area contributed by atoms with Crippen molar-refractivity contribution in [1.82, 2.24) is 14.9 Å². The van der Waals surface area contributed by atoms with Gasteiger partial charge < -0.3 is 5.32 Å². The van der Waals surface area contributed by atoms with E-state index in [1.165, 1.54) is 23.7 Å². The standard InChI is InChI=1S/C39H37N3O2S/c43-33(40-35(29-17-7-2-8-18-29)30-19-9-3-10-20-30)27-45-38-41-36-32-22-12-11-21-31(32)25-39(23-13-4-14-24-39)34(36)37(44)42(38)26-28-15-5-1-6-16-28/h1-3,5-12,15-22,35H,4,13-14,23-27H2,(H,40,43). The lowest BCUT2D eigenvalue weighted by Crippen LogP contribution is -2.43. The van der Waals surface area contributed by atoms with E-state index in [1.807, 2.05) is 102 Å². The Morgan fingerprint density at radius 1 is 0.800 bits per heavy atom. The first-order chi connectivity index (χ1) is 22.1. The third-order valence-electron chi connectivity index (χ3n) is 9.36. The predicted octanol–water partition coefficient (Wildman–Crippen LogP) is 7.71. The predicted molar refractivity (Wildman–Crippen MR) is 182 cm³/mol. The van der Waals surface area contributed by atoms with Crippen molar-refractivity contribution >= 4 is 17.7 Å². The Labute approximate surface area is 268 Å². The van der Waals surface area contributed by atoms with Crippen LogP contribution in [0.2, 0.25) is 0 Å². The second-order valence-electron chi connectivity index (χ2n) is 12.3. The summed E-state index contributed by atoms with van der Waals surface area (Å²) in [5, 5.41) is 3.83. The molecule has 0 saturated heterocycles. The largest absolute Gasteiger partial charge is 0.344 e. The lowest BCUT2D eigenvalue weighted by Gasteiger charge is -2.42. The zero-order valence-electron chi connectivity index (χ0n) is 25.3. The molecular formula is C39H37N3O2S. The van der Waals surface area contributed by atoms with Crippen LogP contribution in [0.1, 0.15) is 66.0 Å². The zero-order valence-corrected chi connectivity index (χ0v) is 26.1. The summed E-state index contributed by atoms with van der Waals surface area (Å²) < 4.78 is 1.82. The second-order valence-corrected chi connectivity index (χ2v) is 13.2. The molecule has 0 atom stereocenters. The highest BCUT2D eigenvalue weighted by molar-refractivity contribution is 7.99. The lowest BCUT2D eigenvalue weighted by atomic mass is 9.62. The van der Waals surface area contributed by atoms with E-state index in [4.69, 9.17) is 4.98 Å². The number of nitrogens with zero attached hydrogens (tertiary/aromatic N) is 2. The maximum atomic E-state index is 14.7. The molecule has 4 aromatic carbocycles. The van der Waals surface area contributed by atoms with Gasteiger partial charge in [-0.1, -0.05) is 146 Å². The molecule has 0 bridgehead atoms. The molecule has 5 nitrogen and oxygen atoms in total. The summed E-state index contributed by atoms with van der Waals surface area (Å²) in [4.78, 5) is 33.6. The van der Waals surface area contributed by atoms with Crippen molar-refractivity contribution in [3.8, 4) is 11.3 Å². The minimum atomic E-state index is -0.276. The van der Waals surface area contributed by atoms with Crippen LogP contribution < -0.4 is 10.9 Å². The first kappa shape index (κ1) is 29.3. The van der Waals surface area contributed by atoms with Crippen molar-refractivity contribution in [2.75, 3.05) is 5.75 Å². The van der Waals surface area contributed by atoms with Crippen molar-refractivity contribution < 1.29 is 4.79 Å². The quantitative estimate of drug-likeness (QED) is 0.144. The van der Waals surface area contributed by atoms with Crippen molar-refractivity contribution in [1.29, 1.82) is 0 Å². The van der Waals surface area contributed by atoms with Gasteiger partial charge in [0, 0.05) is 11.0 Å². The van der Waals surface area contributed by atoms with Gasteiger partial charge in [0.05, 0.1) is 29.6 Å². The fourth-order valence-electron chi connectivity index (χ4n) is 7.22. The molecule has 5 aromatic rings. The molecule has 45 heavy (non-hydrogen) atoms. The number of benzene rings is 4. The van der Waals surface area contributed by atoms with Crippen molar-refractivity contribution in [2.45, 2.75) is 61.7 Å². The molecule has 0 unspecified atom stereocenters. The molecule has 1 amide bonds. The summed E-state index contributed by atoms with van der Waals surface area (Å²) in [5.41, 5.74) is 6.91. The molecule has 1 fully saturated rings. The number of rotatable bonds is 8. The summed E-state index contributed by atoms with van der Waals surface area (Å²) >= 11 is 1.34. The van der Waals surface area contributed by atoms with Crippen LogP contribution in [-0.4, -0.2) is 21.2 Å². The molecule has 226 valence electrons. The Bertz CT molecular complexity index is 1810. The molecule has 0 aliphatic heterocycles. The van der Waals surface area contributed by atoms with Gasteiger partial charge in [0.25, 0.3) is 5.56 Å². The van der Waals surface area contributed by atoms with Gasteiger partial charge in [0.2, 0.25) is 5.91 Å². The van der Waals surface area contributed by atoms with E-state index in [-0.39, 0.29) is 28.7 Å². The van der Waals surface area contributed by atoms with Gasteiger partial charge in [-0.15, -0.1) is 0 Å². The summed E-state index contributed by atoms with van der Waals surface area (Å²) in [6.45, 7) is 0.415. The van der Waals surface area contributed by atoms with Crippen LogP contribution in [0.15, 0.2) is 125 Å². The van der Waals surface area contributed by atoms with Gasteiger partial charge >= 0.3 is 0 Å². The molecule has 7 rings (SSSR count). The first-order valence-electron chi connectivity index (χ1n) is 15.9. The molecule has 6 heteroatoms. The molecule has 1 aromatic heterocycles. The minimum Gasteiger partial charge on any atom is -0.344 e. The normalized spacial score (nSPS) is 15.0. The molecule has 1 heterocycles. The number of aromatic nitrogens is 2. The number of carbonyl (C=O) groups excluding carboxylic acids is 1. The average Bonchev–Trinajstić information content (AvgIpc) is 3.09. The Morgan fingerprint density at radius 3 is 2.07 bits per heavy atom. The number of fused-ring (bicyclic) bond motifs is 4. The van der Waals surface area contributed by atoms with Gasteiger partial charge in [-0.2, -0.15) is 0 Å². The van der Waals surface area contributed by atoms with Gasteiger partial charge in [0.1, 0.15) is 0 Å². The molecule has 1 saturated carbocycles. The third-order valence-corrected chi connectivity index (χ3v) is 10.3. The van der Waals surface area contributed by atoms with E-state index in [0.29, 0.717) is 11.7 Å². The topological polar surface area (TPSA) is 64.0 Å². The first-order valence-corrected chi connectivity index (χ1v) is 16.9. The summed E-state index contributed by atoms with van der Waals surface area (Å²) in [5.74, 6) is 0.0308. The number of carbonyl (C=O) groups is 1. The van der Waals surface area contributed by atoms with Crippen LogP contribution in [0.25, 0.3) is 11.3 Å². The number of hydrogen-bond acceptors (Lipinski definition) is 4. The van der Waals surface area contributed by atoms with Gasteiger partial charge in [0.15, 0.2) is 5.16 Å². The minimum absolute atomic E-state index is 0.0367. The SMILES string of the molecule is O=C(CSc1nc2c(c(=O)n1Cc1ccccc1)C1(CCCCC1)Cc1ccccc1-2)NC(c1ccccc1)c1ccccc1. The molecular weight excluding hydrogens is 575 g/mol. The number of hydrogen-bond donors (Lipinski definition) is 1. The van der Waals surface area contributed by atoms with E-state index in [1.54, 1.807) is 0 Å². The number of nitrogens with one attached hydrogen (secondary N) is 1. The number of amides is 1. The molecule has 1 N–H and O–H groups in total. The van der Waals surface area contributed by atoms with Crippen molar-refractivity contribution in [2.24, 2.45) is 0 Å². The fraction of sp³-hybridized carbons (Fsp3) is 0.256. The van der Waals surface area contributed by atoms with Crippen LogP contribution in [-0.2, 0) is 23.2 Å². The van der Waals surface area contributed by atoms with E-state index < -0.39 is 0 Å². The van der Waals surface area contributed by atoms with Crippen molar-refractivity contribution in [3.63, 3.8) is 0 Å². The van der Waals surface area contributed by atoms with Crippen molar-refractivity contribution in [3.05, 3.63) is 153 Å². The van der Waals surface area contributed by atoms with Crippen LogP contribution in [0, 0.1) is 0 Å². The van der Waals surface area contributed by atoms with Gasteiger partial charge in [-0.25, -0.2) is 4.98 Å². The van der Waals surface area contributed by atoms with Gasteiger partial charge in [-0.05, 0) is 41.5 Å². The van der Waals surface area contributed by atoms with Gasteiger partial charge in [-0.3, -0.25) is 14.2 Å². The van der Waals surface area contributed by atoms with Crippen LogP contribution in [0.3, 0.4) is 0 Å². The Morgan fingerprint density at radius 2 is 1.40 bits per heavy atom. The summed E-state index contributed by atoms with van der Waals surface area (Å²) in [7, 11) is 0. The maximum Gasteiger partial charge on any atom is 0.258 e. The summed E-state index contributed by atoms with van der Waals surface area (Å²) in [6.07, 6.45) is 6.35. The van der Waals surface area contributed by atoms with Crippen LogP contribution in [0.5, 0.6) is 0 Å². The lowest BCUT2D eigenvalue weighted by molar-refractivity contribution is -0.119. The molecule has 2 aliphatic carbocycles. The molecule has 1 spiro atoms. The molecule has 2 aliphatic rings. The average molecular weight is 612 g/mol. The fourth-order valence-corrected chi connectivity index (χ4v) is 8.02. The highest BCUT2D eigenvalue weighted by Gasteiger charge is 2.43. The highest BCUT2D eigenvalue weighted by Crippen LogP contribution is 2.48. The monoisotopic (exact) mass is 611 g/mol. The smallest absolute Gasteiger partial charge is 0.258 e. The molecule has 0 radical (unpaired) electrons. The summed E-state index contributed by atoms with van der Waals surface area (Å²) in [6, 6.07) is 38.3. The van der Waals surface area contributed by atoms with E-state index in [2.05, 4.69) is 23.5 Å². The Hall–Kier alpha value is -4.42. The Balaban J connectivity index is 1.26. The Kier molecular flexibility index (Phi) is 8.40. The van der Waals surface area contributed by atoms with E-state index in [0.717, 1.165) is 65.6 Å².